The normalized spacial score (nSPS) is 12.4. The second kappa shape index (κ2) is 74.7. The van der Waals surface area contributed by atoms with Crippen LogP contribution < -0.4 is 10.6 Å². The molecule has 1 unspecified atom stereocenters. The maximum atomic E-state index is 14.0. The van der Waals surface area contributed by atoms with Crippen molar-refractivity contribution in [1.82, 2.24) is 10.6 Å². The Morgan fingerprint density at radius 2 is 0.647 bits per heavy atom. The summed E-state index contributed by atoms with van der Waals surface area (Å²) in [6.07, 6.45) is -0.671. The number of hydrogen-bond acceptors (Lipinski definition) is 32. The topological polar surface area (TPSA) is 402 Å². The third kappa shape index (κ3) is 61.9. The molecule has 2 atom stereocenters. The zero-order valence-electron chi connectivity index (χ0n) is 68.0. The van der Waals surface area contributed by atoms with E-state index in [2.05, 4.69) is 10.6 Å². The number of amides is 2. The van der Waals surface area contributed by atoms with Gasteiger partial charge in [0.05, 0.1) is 339 Å². The third-order valence-corrected chi connectivity index (χ3v) is 19.2. The van der Waals surface area contributed by atoms with Gasteiger partial charge in [0.25, 0.3) is 5.91 Å². The Labute approximate surface area is 684 Å². The van der Waals surface area contributed by atoms with Gasteiger partial charge in [0.1, 0.15) is 6.04 Å². The zero-order chi connectivity index (χ0) is 83.4. The van der Waals surface area contributed by atoms with Gasteiger partial charge in [-0.2, -0.15) is 0 Å². The minimum Gasteiger partial charge on any atom is -0.481 e. The van der Waals surface area contributed by atoms with E-state index in [0.29, 0.717) is 302 Å². The van der Waals surface area contributed by atoms with Gasteiger partial charge < -0.3 is 129 Å². The van der Waals surface area contributed by atoms with Crippen LogP contribution in [0.1, 0.15) is 44.7 Å². The lowest BCUT2D eigenvalue weighted by Gasteiger charge is -2.19. The van der Waals surface area contributed by atoms with Gasteiger partial charge in [0, 0.05) is 31.2 Å². The number of aliphatic carboxylic acids is 1. The molecule has 0 aliphatic heterocycles. The lowest BCUT2D eigenvalue weighted by Crippen LogP contribution is -2.47. The summed E-state index contributed by atoms with van der Waals surface area (Å²) in [7, 11) is -6.50. The van der Waals surface area contributed by atoms with Gasteiger partial charge in [-0.15, -0.1) is 0 Å². The zero-order valence-corrected chi connectivity index (χ0v) is 69.6. The van der Waals surface area contributed by atoms with E-state index >= 15 is 0 Å². The predicted octanol–water partition coefficient (Wildman–Crippen LogP) is 2.99. The highest BCUT2D eigenvalue weighted by molar-refractivity contribution is 7.92. The van der Waals surface area contributed by atoms with Crippen molar-refractivity contribution in [2.45, 2.75) is 36.5 Å². The van der Waals surface area contributed by atoms with Crippen LogP contribution in [-0.2, 0) is 149 Å². The van der Waals surface area contributed by atoms with E-state index in [4.69, 9.17) is 114 Å². The molecule has 35 nitrogen and oxygen atoms in total. The number of carbonyl (C=O) groups is 4. The SMILES string of the molecule is COCCOCCOCCOCCOCCOCCOCCOCCOCCOCCOCCOCCOCCOCCOCCOCCOCCOCCOCCOCCOCCOCCOCCOCCNC(=O)[C@H](CCC(=O)O)NC(=O)c1ccc(C(=O)C(CS(=O)(=O)Cc2ccccc2)CS(=O)(=O)c2cccc(C)c2)cc1. The van der Waals surface area contributed by atoms with Crippen LogP contribution in [0.2, 0.25) is 0 Å². The van der Waals surface area contributed by atoms with Crippen molar-refractivity contribution < 1.29 is 155 Å². The minimum absolute atomic E-state index is 0.00156. The summed E-state index contributed by atoms with van der Waals surface area (Å²) in [5.41, 5.74) is 1.09. The number of rotatable bonds is 87. The standard InChI is InChI=1S/C79H130N2O33S2/c1-69-7-6-10-74(65-69)116(89,90)68-73(67-115(87,88)66-70-8-4-3-5-9-70)77(84)71-11-13-72(14-12-71)78(85)81-75(15-16-76(82)83)79(86)80-17-18-92-21-22-94-25-26-96-29-30-98-33-34-100-37-38-102-41-42-104-45-46-106-49-50-108-53-54-110-57-58-112-61-62-114-64-63-113-60-59-111-56-55-109-52-51-107-48-47-105-44-43-103-40-39-101-36-35-99-32-31-97-28-27-95-24-23-93-20-19-91-2/h3-14,65,73,75H,15-64,66-68H2,1-2H3,(H,80,86)(H,81,85)(H,82,83)/t73?,75-/m0/s1. The van der Waals surface area contributed by atoms with Gasteiger partial charge >= 0.3 is 5.97 Å². The Balaban J connectivity index is 0.982. The highest BCUT2D eigenvalue weighted by atomic mass is 32.2. The van der Waals surface area contributed by atoms with E-state index in [1.54, 1.807) is 56.5 Å². The van der Waals surface area contributed by atoms with Gasteiger partial charge in [-0.3, -0.25) is 19.2 Å². The molecule has 116 heavy (non-hydrogen) atoms. The summed E-state index contributed by atoms with van der Waals surface area (Å²) >= 11 is 0. The molecule has 3 N–H and O–H groups in total. The number of sulfone groups is 2. The van der Waals surface area contributed by atoms with Crippen LogP contribution in [0.5, 0.6) is 0 Å². The van der Waals surface area contributed by atoms with Crippen LogP contribution in [0, 0.1) is 12.8 Å². The Bertz CT molecular complexity index is 3060. The summed E-state index contributed by atoms with van der Waals surface area (Å²) < 4.78 is 186. The number of aryl methyl sites for hydroxylation is 1. The number of ketones is 1. The number of carbonyl (C=O) groups excluding carboxylic acids is 3. The Morgan fingerprint density at radius 1 is 0.353 bits per heavy atom. The first kappa shape index (κ1) is 105. The fourth-order valence-electron chi connectivity index (χ4n) is 9.81. The summed E-state index contributed by atoms with van der Waals surface area (Å²) in [6.45, 7) is 22.6. The highest BCUT2D eigenvalue weighted by Crippen LogP contribution is 2.23. The minimum atomic E-state index is -4.14. The third-order valence-electron chi connectivity index (χ3n) is 15.7. The van der Waals surface area contributed by atoms with Crippen molar-refractivity contribution in [3.63, 3.8) is 0 Å². The number of ether oxygens (including phenoxy) is 24. The van der Waals surface area contributed by atoms with Crippen LogP contribution in [0.25, 0.3) is 0 Å². The molecule has 0 aliphatic carbocycles. The fourth-order valence-corrected chi connectivity index (χ4v) is 13.3. The van der Waals surface area contributed by atoms with Gasteiger partial charge in [-0.25, -0.2) is 16.8 Å². The molecule has 0 aliphatic rings. The first-order valence-electron chi connectivity index (χ1n) is 39.5. The molecule has 3 aromatic carbocycles. The second-order valence-corrected chi connectivity index (χ2v) is 29.2. The van der Waals surface area contributed by atoms with E-state index in [0.717, 1.165) is 0 Å². The molecule has 0 bridgehead atoms. The first-order valence-corrected chi connectivity index (χ1v) is 42.9. The van der Waals surface area contributed by atoms with Crippen LogP contribution in [0.3, 0.4) is 0 Å². The van der Waals surface area contributed by atoms with Crippen LogP contribution in [-0.4, -0.2) is 387 Å². The number of nitrogens with one attached hydrogen (secondary N) is 2. The summed E-state index contributed by atoms with van der Waals surface area (Å²) in [6, 6.07) is 18.2. The van der Waals surface area contributed by atoms with Crippen molar-refractivity contribution in [2.24, 2.45) is 5.92 Å². The maximum absolute atomic E-state index is 14.0. The predicted molar refractivity (Wildman–Crippen MR) is 423 cm³/mol. The first-order chi connectivity index (χ1) is 56.7. The average Bonchev–Trinajstić information content (AvgIpc) is 0.805. The van der Waals surface area contributed by atoms with E-state index in [1.165, 1.54) is 36.4 Å². The molecule has 37 heteroatoms. The average molecular weight is 1700 g/mol. The lowest BCUT2D eigenvalue weighted by molar-refractivity contribution is -0.137. The highest BCUT2D eigenvalue weighted by Gasteiger charge is 2.33. The van der Waals surface area contributed by atoms with Crippen molar-refractivity contribution in [1.29, 1.82) is 0 Å². The summed E-state index contributed by atoms with van der Waals surface area (Å²) in [5.74, 6) is -6.81. The second-order valence-electron chi connectivity index (χ2n) is 25.1. The molecule has 0 saturated carbocycles. The van der Waals surface area contributed by atoms with Gasteiger partial charge in [-0.1, -0.05) is 54.6 Å². The number of carboxylic acids is 1. The molecule has 3 rings (SSSR count). The van der Waals surface area contributed by atoms with E-state index < -0.39 is 78.9 Å². The van der Waals surface area contributed by atoms with Crippen LogP contribution in [0.4, 0.5) is 0 Å². The molecule has 0 spiro atoms. The molecule has 3 aromatic rings. The molecule has 0 fully saturated rings. The smallest absolute Gasteiger partial charge is 0.303 e. The van der Waals surface area contributed by atoms with Crippen molar-refractivity contribution in [3.05, 3.63) is 101 Å². The van der Waals surface area contributed by atoms with E-state index in [1.807, 2.05) is 0 Å². The largest absolute Gasteiger partial charge is 0.481 e. The van der Waals surface area contributed by atoms with Crippen molar-refractivity contribution in [2.75, 3.05) is 336 Å². The Kier molecular flexibility index (Phi) is 67.5. The summed E-state index contributed by atoms with van der Waals surface area (Å²) in [4.78, 5) is 51.9. The molecule has 2 amide bonds. The quantitative estimate of drug-likeness (QED) is 0.0540. The fraction of sp³-hybridized carbons (Fsp3) is 0.722. The Morgan fingerprint density at radius 3 is 0.940 bits per heavy atom. The van der Waals surface area contributed by atoms with Gasteiger partial charge in [0.2, 0.25) is 5.91 Å². The molecular weight excluding hydrogens is 1570 g/mol. The van der Waals surface area contributed by atoms with Crippen molar-refractivity contribution in [3.8, 4) is 0 Å². The van der Waals surface area contributed by atoms with Crippen molar-refractivity contribution >= 4 is 43.2 Å². The number of benzene rings is 3. The number of carboxylic acid groups (broad SMARTS) is 1. The number of hydrogen-bond donors (Lipinski definition) is 3. The van der Waals surface area contributed by atoms with Crippen LogP contribution in [0.15, 0.2) is 83.8 Å². The number of methoxy groups -OCH3 is 1. The van der Waals surface area contributed by atoms with Gasteiger partial charge in [0.15, 0.2) is 25.5 Å². The van der Waals surface area contributed by atoms with E-state index in [9.17, 15) is 41.1 Å². The monoisotopic (exact) mass is 1700 g/mol. The molecule has 0 heterocycles. The molecule has 0 aromatic heterocycles. The molecule has 0 radical (unpaired) electrons. The molecule has 0 saturated heterocycles. The molecule has 666 valence electrons. The molecular formula is C79H130N2O33S2. The number of Topliss-reactive ketones (excluding diaryl/α,β-unsaturated/α-hetero) is 1. The van der Waals surface area contributed by atoms with Crippen LogP contribution >= 0.6 is 0 Å². The summed E-state index contributed by atoms with van der Waals surface area (Å²) in [5, 5.41) is 14.5. The Hall–Kier alpha value is -5.32. The maximum Gasteiger partial charge on any atom is 0.303 e. The lowest BCUT2D eigenvalue weighted by atomic mass is 9.99. The van der Waals surface area contributed by atoms with E-state index in [-0.39, 0.29) is 48.8 Å². The van der Waals surface area contributed by atoms with Gasteiger partial charge in [-0.05, 0) is 48.7 Å².